The summed E-state index contributed by atoms with van der Waals surface area (Å²) in [6.07, 6.45) is 4.53. The van der Waals surface area contributed by atoms with Crippen LogP contribution < -0.4 is 10.6 Å². The fraction of sp³-hybridized carbons (Fsp3) is 0.600. The number of furan rings is 1. The van der Waals surface area contributed by atoms with Gasteiger partial charge in [0.25, 0.3) is 5.91 Å². The van der Waals surface area contributed by atoms with E-state index in [1.165, 1.54) is 6.26 Å². The Labute approximate surface area is 124 Å². The quantitative estimate of drug-likeness (QED) is 0.893. The summed E-state index contributed by atoms with van der Waals surface area (Å²) in [5.74, 6) is 0.535. The number of rotatable bonds is 4. The first-order chi connectivity index (χ1) is 10.1. The van der Waals surface area contributed by atoms with E-state index in [1.807, 2.05) is 0 Å². The predicted molar refractivity (Wildman–Crippen MR) is 77.1 cm³/mol. The Morgan fingerprint density at radius 1 is 1.24 bits per heavy atom. The van der Waals surface area contributed by atoms with Crippen LogP contribution in [0.5, 0.6) is 0 Å². The van der Waals surface area contributed by atoms with E-state index < -0.39 is 0 Å². The highest BCUT2D eigenvalue weighted by Crippen LogP contribution is 2.19. The summed E-state index contributed by atoms with van der Waals surface area (Å²) in [6.45, 7) is 3.93. The van der Waals surface area contributed by atoms with Gasteiger partial charge in [-0.3, -0.25) is 4.79 Å². The number of alkyl carbamates (subject to hydrolysis) is 1. The number of aryl methyl sites for hydroxylation is 1. The Morgan fingerprint density at radius 2 is 1.86 bits per heavy atom. The van der Waals surface area contributed by atoms with E-state index in [-0.39, 0.29) is 24.1 Å². The van der Waals surface area contributed by atoms with Crippen LogP contribution in [-0.2, 0) is 4.74 Å². The van der Waals surface area contributed by atoms with Crippen molar-refractivity contribution in [2.75, 3.05) is 6.61 Å². The van der Waals surface area contributed by atoms with Gasteiger partial charge in [-0.05, 0) is 45.6 Å². The third-order valence-electron chi connectivity index (χ3n) is 3.76. The molecule has 2 rings (SSSR count). The predicted octanol–water partition coefficient (Wildman–Crippen LogP) is 2.38. The Bertz CT molecular complexity index is 490. The van der Waals surface area contributed by atoms with Crippen molar-refractivity contribution in [3.63, 3.8) is 0 Å². The largest absolute Gasteiger partial charge is 0.469 e. The van der Waals surface area contributed by atoms with Crippen molar-refractivity contribution in [1.29, 1.82) is 0 Å². The van der Waals surface area contributed by atoms with Gasteiger partial charge in [0, 0.05) is 12.1 Å². The topological polar surface area (TPSA) is 80.6 Å². The van der Waals surface area contributed by atoms with Crippen LogP contribution in [0.3, 0.4) is 0 Å². The zero-order valence-corrected chi connectivity index (χ0v) is 12.5. The lowest BCUT2D eigenvalue weighted by atomic mass is 9.91. The van der Waals surface area contributed by atoms with Crippen molar-refractivity contribution in [1.82, 2.24) is 10.6 Å². The highest BCUT2D eigenvalue weighted by atomic mass is 16.5. The SMILES string of the molecule is CCOC(=O)NC1CCC(NC(=O)c2ccoc2C)CC1. The number of amides is 2. The molecule has 2 amide bonds. The van der Waals surface area contributed by atoms with Gasteiger partial charge in [0.15, 0.2) is 0 Å². The van der Waals surface area contributed by atoms with Crippen LogP contribution in [-0.4, -0.2) is 30.7 Å². The maximum Gasteiger partial charge on any atom is 0.407 e. The van der Waals surface area contributed by atoms with Gasteiger partial charge in [-0.2, -0.15) is 0 Å². The summed E-state index contributed by atoms with van der Waals surface area (Å²) in [6, 6.07) is 1.96. The van der Waals surface area contributed by atoms with E-state index in [0.29, 0.717) is 17.9 Å². The number of ether oxygens (including phenoxy) is 1. The first-order valence-corrected chi connectivity index (χ1v) is 7.38. The van der Waals surface area contributed by atoms with Gasteiger partial charge in [0.1, 0.15) is 5.76 Å². The molecule has 1 aromatic rings. The number of hydrogen-bond acceptors (Lipinski definition) is 4. The number of carbonyl (C=O) groups excluding carboxylic acids is 2. The lowest BCUT2D eigenvalue weighted by molar-refractivity contribution is 0.0920. The molecule has 0 spiro atoms. The standard InChI is InChI=1S/C15H22N2O4/c1-3-20-15(19)17-12-6-4-11(5-7-12)16-14(18)13-8-9-21-10(13)2/h8-9,11-12H,3-7H2,1-2H3,(H,16,18)(H,17,19). The molecule has 0 aliphatic heterocycles. The van der Waals surface area contributed by atoms with Crippen LogP contribution in [0, 0.1) is 6.92 Å². The zero-order valence-electron chi connectivity index (χ0n) is 12.5. The molecule has 1 saturated carbocycles. The third-order valence-corrected chi connectivity index (χ3v) is 3.76. The summed E-state index contributed by atoms with van der Waals surface area (Å²) >= 11 is 0. The molecule has 6 heteroatoms. The van der Waals surface area contributed by atoms with Crippen molar-refractivity contribution in [3.8, 4) is 0 Å². The van der Waals surface area contributed by atoms with Crippen LogP contribution in [0.25, 0.3) is 0 Å². The summed E-state index contributed by atoms with van der Waals surface area (Å²) in [4.78, 5) is 23.4. The van der Waals surface area contributed by atoms with Crippen molar-refractivity contribution in [3.05, 3.63) is 23.7 Å². The lowest BCUT2D eigenvalue weighted by Crippen LogP contribution is -2.44. The molecular weight excluding hydrogens is 272 g/mol. The van der Waals surface area contributed by atoms with Crippen molar-refractivity contribution < 1.29 is 18.7 Å². The van der Waals surface area contributed by atoms with E-state index in [2.05, 4.69) is 10.6 Å². The molecule has 0 aromatic carbocycles. The van der Waals surface area contributed by atoms with E-state index in [9.17, 15) is 9.59 Å². The number of carbonyl (C=O) groups is 2. The fourth-order valence-corrected chi connectivity index (χ4v) is 2.61. The minimum absolute atomic E-state index is 0.0944. The first kappa shape index (κ1) is 15.4. The van der Waals surface area contributed by atoms with E-state index in [4.69, 9.17) is 9.15 Å². The van der Waals surface area contributed by atoms with Gasteiger partial charge >= 0.3 is 6.09 Å². The summed E-state index contributed by atoms with van der Waals surface area (Å²) in [5.41, 5.74) is 0.585. The molecule has 0 radical (unpaired) electrons. The molecule has 0 atom stereocenters. The Hall–Kier alpha value is -1.98. The molecule has 0 saturated heterocycles. The fourth-order valence-electron chi connectivity index (χ4n) is 2.61. The van der Waals surface area contributed by atoms with Gasteiger partial charge in [-0.1, -0.05) is 0 Å². The monoisotopic (exact) mass is 294 g/mol. The highest BCUT2D eigenvalue weighted by molar-refractivity contribution is 5.95. The lowest BCUT2D eigenvalue weighted by Gasteiger charge is -2.29. The van der Waals surface area contributed by atoms with Crippen molar-refractivity contribution in [2.24, 2.45) is 0 Å². The number of hydrogen-bond donors (Lipinski definition) is 2. The van der Waals surface area contributed by atoms with Gasteiger partial charge < -0.3 is 19.8 Å². The summed E-state index contributed by atoms with van der Waals surface area (Å²) in [5, 5.41) is 5.86. The average molecular weight is 294 g/mol. The minimum Gasteiger partial charge on any atom is -0.469 e. The molecule has 1 aromatic heterocycles. The Morgan fingerprint density at radius 3 is 2.38 bits per heavy atom. The first-order valence-electron chi connectivity index (χ1n) is 7.38. The van der Waals surface area contributed by atoms with Gasteiger partial charge in [0.05, 0.1) is 18.4 Å². The van der Waals surface area contributed by atoms with Crippen LogP contribution in [0.4, 0.5) is 4.79 Å². The van der Waals surface area contributed by atoms with Crippen LogP contribution >= 0.6 is 0 Å². The Kier molecular flexibility index (Phi) is 5.25. The van der Waals surface area contributed by atoms with Crippen molar-refractivity contribution >= 4 is 12.0 Å². The second-order valence-electron chi connectivity index (χ2n) is 5.28. The molecule has 0 bridgehead atoms. The average Bonchev–Trinajstić information content (AvgIpc) is 2.87. The molecule has 21 heavy (non-hydrogen) atoms. The van der Waals surface area contributed by atoms with E-state index in [1.54, 1.807) is 19.9 Å². The number of nitrogens with one attached hydrogen (secondary N) is 2. The minimum atomic E-state index is -0.362. The van der Waals surface area contributed by atoms with Crippen LogP contribution in [0.2, 0.25) is 0 Å². The van der Waals surface area contributed by atoms with Crippen LogP contribution in [0.15, 0.2) is 16.7 Å². The van der Waals surface area contributed by atoms with E-state index in [0.717, 1.165) is 25.7 Å². The maximum absolute atomic E-state index is 12.1. The Balaban J connectivity index is 1.75. The summed E-state index contributed by atoms with van der Waals surface area (Å²) < 4.78 is 10.0. The molecule has 0 unspecified atom stereocenters. The van der Waals surface area contributed by atoms with Gasteiger partial charge in [-0.15, -0.1) is 0 Å². The maximum atomic E-state index is 12.1. The highest BCUT2D eigenvalue weighted by Gasteiger charge is 2.24. The molecule has 2 N–H and O–H groups in total. The summed E-state index contributed by atoms with van der Waals surface area (Å²) in [7, 11) is 0. The van der Waals surface area contributed by atoms with E-state index >= 15 is 0 Å². The molecular formula is C15H22N2O4. The molecule has 1 fully saturated rings. The van der Waals surface area contributed by atoms with Gasteiger partial charge in [-0.25, -0.2) is 4.79 Å². The molecule has 1 aliphatic carbocycles. The zero-order chi connectivity index (χ0) is 15.2. The van der Waals surface area contributed by atoms with Gasteiger partial charge in [0.2, 0.25) is 0 Å². The normalized spacial score (nSPS) is 21.6. The molecule has 116 valence electrons. The smallest absolute Gasteiger partial charge is 0.407 e. The van der Waals surface area contributed by atoms with Crippen molar-refractivity contribution in [2.45, 2.75) is 51.6 Å². The second-order valence-corrected chi connectivity index (χ2v) is 5.28. The third kappa shape index (κ3) is 4.24. The molecule has 1 heterocycles. The molecule has 6 nitrogen and oxygen atoms in total. The second kappa shape index (κ2) is 7.15. The molecule has 1 aliphatic rings. The van der Waals surface area contributed by atoms with Crippen LogP contribution in [0.1, 0.15) is 48.7 Å².